The summed E-state index contributed by atoms with van der Waals surface area (Å²) in [5.41, 5.74) is 1.96. The summed E-state index contributed by atoms with van der Waals surface area (Å²) >= 11 is 17.7. The Morgan fingerprint density at radius 2 is 1.12 bits per heavy atom. The van der Waals surface area contributed by atoms with E-state index in [1.807, 2.05) is 0 Å². The Hall–Kier alpha value is -2.33. The molecule has 0 aliphatic heterocycles. The van der Waals surface area contributed by atoms with Gasteiger partial charge in [0, 0.05) is 37.4 Å². The number of ketones is 1. The summed E-state index contributed by atoms with van der Waals surface area (Å²) in [5.74, 6) is -0.465. The largest absolute Gasteiger partial charge is 0.322 e. The zero-order valence-corrected chi connectivity index (χ0v) is 15.6. The van der Waals surface area contributed by atoms with Crippen LogP contribution in [0.2, 0.25) is 15.1 Å². The SMILES string of the molecule is O=C(Nc1ccc(C(=O)c2ccc(Cl)cc2)cc1)c1cc(Cl)cc(Cl)c1. The minimum absolute atomic E-state index is 0.124. The van der Waals surface area contributed by atoms with E-state index in [1.165, 1.54) is 12.1 Å². The summed E-state index contributed by atoms with van der Waals surface area (Å²) in [7, 11) is 0. The highest BCUT2D eigenvalue weighted by molar-refractivity contribution is 6.35. The molecule has 1 amide bonds. The molecule has 130 valence electrons. The molecule has 3 aromatic carbocycles. The predicted molar refractivity (Wildman–Crippen MR) is 106 cm³/mol. The highest BCUT2D eigenvalue weighted by atomic mass is 35.5. The highest BCUT2D eigenvalue weighted by Crippen LogP contribution is 2.21. The number of hydrogen-bond donors (Lipinski definition) is 1. The summed E-state index contributed by atoms with van der Waals surface area (Å²) in [4.78, 5) is 24.7. The van der Waals surface area contributed by atoms with E-state index in [9.17, 15) is 9.59 Å². The lowest BCUT2D eigenvalue weighted by molar-refractivity contribution is 0.102. The number of halogens is 3. The number of benzene rings is 3. The Morgan fingerprint density at radius 3 is 1.65 bits per heavy atom. The Kier molecular flexibility index (Phi) is 5.62. The number of amides is 1. The number of anilines is 1. The van der Waals surface area contributed by atoms with Crippen molar-refractivity contribution in [2.24, 2.45) is 0 Å². The number of nitrogens with one attached hydrogen (secondary N) is 1. The molecule has 0 unspecified atom stereocenters. The van der Waals surface area contributed by atoms with Crippen molar-refractivity contribution in [3.8, 4) is 0 Å². The van der Waals surface area contributed by atoms with Crippen molar-refractivity contribution in [2.75, 3.05) is 5.32 Å². The molecule has 3 aromatic rings. The van der Waals surface area contributed by atoms with Gasteiger partial charge in [-0.1, -0.05) is 34.8 Å². The Morgan fingerprint density at radius 1 is 0.615 bits per heavy atom. The average molecular weight is 405 g/mol. The molecular weight excluding hydrogens is 393 g/mol. The third-order valence-electron chi connectivity index (χ3n) is 3.64. The number of carbonyl (C=O) groups excluding carboxylic acids is 2. The molecule has 0 fully saturated rings. The molecule has 0 saturated carbocycles. The van der Waals surface area contributed by atoms with Crippen LogP contribution in [0.15, 0.2) is 66.7 Å². The number of hydrogen-bond acceptors (Lipinski definition) is 2. The van der Waals surface area contributed by atoms with Gasteiger partial charge in [0.25, 0.3) is 5.91 Å². The molecule has 6 heteroatoms. The average Bonchev–Trinajstić information content (AvgIpc) is 2.61. The monoisotopic (exact) mass is 403 g/mol. The maximum atomic E-state index is 12.4. The molecule has 1 N–H and O–H groups in total. The predicted octanol–water partition coefficient (Wildman–Crippen LogP) is 6.13. The second kappa shape index (κ2) is 7.92. The lowest BCUT2D eigenvalue weighted by Crippen LogP contribution is -2.12. The molecule has 0 heterocycles. The maximum Gasteiger partial charge on any atom is 0.255 e. The van der Waals surface area contributed by atoms with E-state index < -0.39 is 0 Å². The third-order valence-corrected chi connectivity index (χ3v) is 4.32. The van der Waals surface area contributed by atoms with Gasteiger partial charge in [0.15, 0.2) is 5.78 Å². The molecule has 0 aliphatic rings. The van der Waals surface area contributed by atoms with Crippen molar-refractivity contribution in [3.05, 3.63) is 98.5 Å². The van der Waals surface area contributed by atoms with Crippen LogP contribution in [-0.4, -0.2) is 11.7 Å². The maximum absolute atomic E-state index is 12.4. The zero-order chi connectivity index (χ0) is 18.7. The van der Waals surface area contributed by atoms with Crippen molar-refractivity contribution in [3.63, 3.8) is 0 Å². The topological polar surface area (TPSA) is 46.2 Å². The van der Waals surface area contributed by atoms with Crippen LogP contribution in [0.4, 0.5) is 5.69 Å². The first kappa shape index (κ1) is 18.5. The molecular formula is C20H12Cl3NO2. The van der Waals surface area contributed by atoms with Gasteiger partial charge >= 0.3 is 0 Å². The Labute approximate surface area is 165 Å². The van der Waals surface area contributed by atoms with Gasteiger partial charge in [-0.3, -0.25) is 9.59 Å². The molecule has 0 bridgehead atoms. The van der Waals surface area contributed by atoms with Crippen molar-refractivity contribution in [1.82, 2.24) is 0 Å². The van der Waals surface area contributed by atoms with E-state index in [2.05, 4.69) is 5.32 Å². The van der Waals surface area contributed by atoms with E-state index in [0.717, 1.165) is 0 Å². The Balaban J connectivity index is 1.74. The summed E-state index contributed by atoms with van der Waals surface area (Å²) in [5, 5.41) is 4.07. The first-order valence-corrected chi connectivity index (χ1v) is 8.73. The van der Waals surface area contributed by atoms with Crippen LogP contribution in [-0.2, 0) is 0 Å². The van der Waals surface area contributed by atoms with Gasteiger partial charge in [-0.25, -0.2) is 0 Å². The van der Waals surface area contributed by atoms with Crippen LogP contribution >= 0.6 is 34.8 Å². The molecule has 0 aromatic heterocycles. The van der Waals surface area contributed by atoms with Gasteiger partial charge in [0.1, 0.15) is 0 Å². The van der Waals surface area contributed by atoms with E-state index in [4.69, 9.17) is 34.8 Å². The fourth-order valence-corrected chi connectivity index (χ4v) is 3.01. The summed E-state index contributed by atoms with van der Waals surface area (Å²) in [6.07, 6.45) is 0. The van der Waals surface area contributed by atoms with Crippen molar-refractivity contribution >= 4 is 52.2 Å². The molecule has 0 atom stereocenters. The van der Waals surface area contributed by atoms with Crippen molar-refractivity contribution < 1.29 is 9.59 Å². The molecule has 3 nitrogen and oxygen atoms in total. The lowest BCUT2D eigenvalue weighted by atomic mass is 10.0. The summed E-state index contributed by atoms with van der Waals surface area (Å²) < 4.78 is 0. The van der Waals surface area contributed by atoms with Crippen LogP contribution in [0.5, 0.6) is 0 Å². The normalized spacial score (nSPS) is 10.4. The van der Waals surface area contributed by atoms with Crippen molar-refractivity contribution in [2.45, 2.75) is 0 Å². The fraction of sp³-hybridized carbons (Fsp3) is 0. The highest BCUT2D eigenvalue weighted by Gasteiger charge is 2.11. The van der Waals surface area contributed by atoms with Crippen LogP contribution < -0.4 is 5.32 Å². The lowest BCUT2D eigenvalue weighted by Gasteiger charge is -2.07. The van der Waals surface area contributed by atoms with Gasteiger partial charge in [0.2, 0.25) is 0 Å². The van der Waals surface area contributed by atoms with Gasteiger partial charge in [-0.15, -0.1) is 0 Å². The van der Waals surface area contributed by atoms with E-state index in [-0.39, 0.29) is 11.7 Å². The third kappa shape index (κ3) is 4.44. The number of rotatable bonds is 4. The zero-order valence-electron chi connectivity index (χ0n) is 13.3. The molecule has 0 saturated heterocycles. The summed E-state index contributed by atoms with van der Waals surface area (Å²) in [6, 6.07) is 17.9. The molecule has 26 heavy (non-hydrogen) atoms. The number of carbonyl (C=O) groups is 2. The second-order valence-corrected chi connectivity index (χ2v) is 6.83. The van der Waals surface area contributed by atoms with Gasteiger partial charge in [-0.05, 0) is 66.7 Å². The molecule has 0 aliphatic carbocycles. The molecule has 0 spiro atoms. The van der Waals surface area contributed by atoms with Crippen LogP contribution in [0.1, 0.15) is 26.3 Å². The van der Waals surface area contributed by atoms with Gasteiger partial charge in [0.05, 0.1) is 0 Å². The minimum Gasteiger partial charge on any atom is -0.322 e. The fourth-order valence-electron chi connectivity index (χ4n) is 2.36. The van der Waals surface area contributed by atoms with Gasteiger partial charge < -0.3 is 5.32 Å². The Bertz CT molecular complexity index is 947. The first-order chi connectivity index (χ1) is 12.4. The van der Waals surface area contributed by atoms with Crippen LogP contribution in [0, 0.1) is 0 Å². The quantitative estimate of drug-likeness (QED) is 0.532. The van der Waals surface area contributed by atoms with E-state index in [1.54, 1.807) is 54.6 Å². The molecule has 0 radical (unpaired) electrons. The van der Waals surface area contributed by atoms with E-state index >= 15 is 0 Å². The molecule has 3 rings (SSSR count). The van der Waals surface area contributed by atoms with Gasteiger partial charge in [-0.2, -0.15) is 0 Å². The first-order valence-electron chi connectivity index (χ1n) is 7.60. The van der Waals surface area contributed by atoms with Crippen LogP contribution in [0.3, 0.4) is 0 Å². The summed E-state index contributed by atoms with van der Waals surface area (Å²) in [6.45, 7) is 0. The van der Waals surface area contributed by atoms with Crippen molar-refractivity contribution in [1.29, 1.82) is 0 Å². The standard InChI is InChI=1S/C20H12Cl3NO2/c21-15-5-1-12(2-6-15)19(25)13-3-7-18(8-4-13)24-20(26)14-9-16(22)11-17(23)10-14/h1-11H,(H,24,26). The van der Waals surface area contributed by atoms with E-state index in [0.29, 0.717) is 37.4 Å². The van der Waals surface area contributed by atoms with Crippen LogP contribution in [0.25, 0.3) is 0 Å². The second-order valence-electron chi connectivity index (χ2n) is 5.53. The minimum atomic E-state index is -0.342. The smallest absolute Gasteiger partial charge is 0.255 e.